The molecular weight excluding hydrogens is 106 g/mol. The maximum absolute atomic E-state index is 8.41. The summed E-state index contributed by atoms with van der Waals surface area (Å²) in [7, 11) is 0. The fraction of sp³-hybridized carbons (Fsp3) is 1.00. The third kappa shape index (κ3) is 0.992. The highest BCUT2D eigenvalue weighted by molar-refractivity contribution is 4.75. The Labute approximate surface area is 48.6 Å². The van der Waals surface area contributed by atoms with Gasteiger partial charge >= 0.3 is 0 Å². The van der Waals surface area contributed by atoms with Crippen LogP contribution in [-0.2, 0) is 4.74 Å². The van der Waals surface area contributed by atoms with E-state index in [1.807, 2.05) is 6.92 Å². The highest BCUT2D eigenvalue weighted by atomic mass is 16.5. The molecule has 8 heavy (non-hydrogen) atoms. The van der Waals surface area contributed by atoms with Crippen LogP contribution in [0.4, 0.5) is 0 Å². The number of ether oxygens (including phenoxy) is 1. The van der Waals surface area contributed by atoms with Crippen LogP contribution in [0.25, 0.3) is 0 Å². The van der Waals surface area contributed by atoms with Crippen LogP contribution >= 0.6 is 0 Å². The Kier molecular flexibility index (Phi) is 1.83. The van der Waals surface area contributed by atoms with Crippen molar-refractivity contribution in [1.29, 1.82) is 0 Å². The van der Waals surface area contributed by atoms with E-state index in [-0.39, 0.29) is 12.1 Å². The Hall–Kier alpha value is -0.120. The van der Waals surface area contributed by atoms with E-state index in [0.717, 1.165) is 13.0 Å². The van der Waals surface area contributed by atoms with Crippen molar-refractivity contribution in [3.63, 3.8) is 0 Å². The maximum atomic E-state index is 8.41. The van der Waals surface area contributed by atoms with Gasteiger partial charge in [-0.25, -0.2) is 0 Å². The Morgan fingerprint density at radius 1 is 1.75 bits per heavy atom. The molecule has 48 valence electrons. The molecule has 0 bridgehead atoms. The molecule has 0 aromatic heterocycles. The second-order valence-electron chi connectivity index (χ2n) is 2.10. The minimum Gasteiger partial charge on any atom is -0.377 e. The molecule has 0 radical (unpaired) electrons. The van der Waals surface area contributed by atoms with Crippen LogP contribution in [0.3, 0.4) is 0 Å². The molecule has 1 rings (SSSR count). The molecule has 0 amide bonds. The third-order valence-corrected chi connectivity index (χ3v) is 1.54. The average Bonchev–Trinajstić information content (AvgIpc) is 2.14. The van der Waals surface area contributed by atoms with Crippen molar-refractivity contribution in [1.82, 2.24) is 5.48 Å². The number of hydrogen-bond donors (Lipinski definition) is 2. The zero-order valence-electron chi connectivity index (χ0n) is 4.92. The Morgan fingerprint density at radius 2 is 2.50 bits per heavy atom. The number of hydrogen-bond acceptors (Lipinski definition) is 3. The molecule has 0 aromatic carbocycles. The minimum atomic E-state index is 0.148. The molecule has 1 aliphatic heterocycles. The van der Waals surface area contributed by atoms with E-state index in [0.29, 0.717) is 0 Å². The lowest BCUT2D eigenvalue weighted by molar-refractivity contribution is 0.0632. The van der Waals surface area contributed by atoms with Gasteiger partial charge in [-0.05, 0) is 13.3 Å². The minimum absolute atomic E-state index is 0.148. The van der Waals surface area contributed by atoms with Gasteiger partial charge < -0.3 is 9.94 Å². The summed E-state index contributed by atoms with van der Waals surface area (Å²) >= 11 is 0. The topological polar surface area (TPSA) is 41.5 Å². The first-order valence-electron chi connectivity index (χ1n) is 2.86. The van der Waals surface area contributed by atoms with Crippen LogP contribution in [0.2, 0.25) is 0 Å². The normalized spacial score (nSPS) is 38.2. The van der Waals surface area contributed by atoms with Gasteiger partial charge in [-0.1, -0.05) is 0 Å². The van der Waals surface area contributed by atoms with Crippen LogP contribution in [0.15, 0.2) is 0 Å². The van der Waals surface area contributed by atoms with Crippen molar-refractivity contribution in [2.24, 2.45) is 0 Å². The first-order chi connectivity index (χ1) is 3.84. The summed E-state index contributed by atoms with van der Waals surface area (Å²) < 4.78 is 5.13. The van der Waals surface area contributed by atoms with Gasteiger partial charge in [-0.2, -0.15) is 5.48 Å². The Morgan fingerprint density at radius 3 is 2.75 bits per heavy atom. The van der Waals surface area contributed by atoms with Gasteiger partial charge in [0.05, 0.1) is 12.1 Å². The third-order valence-electron chi connectivity index (χ3n) is 1.54. The van der Waals surface area contributed by atoms with Gasteiger partial charge in [0.2, 0.25) is 0 Å². The molecule has 0 aromatic rings. The lowest BCUT2D eigenvalue weighted by Gasteiger charge is -2.09. The maximum Gasteiger partial charge on any atom is 0.0723 e. The van der Waals surface area contributed by atoms with Gasteiger partial charge in [-0.15, -0.1) is 0 Å². The molecule has 1 saturated heterocycles. The average molecular weight is 117 g/mol. The van der Waals surface area contributed by atoms with E-state index in [2.05, 4.69) is 5.48 Å². The van der Waals surface area contributed by atoms with Crippen molar-refractivity contribution in [2.75, 3.05) is 6.61 Å². The van der Waals surface area contributed by atoms with Crippen molar-refractivity contribution in [3.05, 3.63) is 0 Å². The lowest BCUT2D eigenvalue weighted by Crippen LogP contribution is -2.31. The quantitative estimate of drug-likeness (QED) is 0.480. The van der Waals surface area contributed by atoms with Gasteiger partial charge in [0.25, 0.3) is 0 Å². The van der Waals surface area contributed by atoms with E-state index in [9.17, 15) is 0 Å². The van der Waals surface area contributed by atoms with E-state index in [1.165, 1.54) is 0 Å². The van der Waals surface area contributed by atoms with E-state index in [1.54, 1.807) is 0 Å². The fourth-order valence-electron chi connectivity index (χ4n) is 0.901. The summed E-state index contributed by atoms with van der Waals surface area (Å²) in [5.74, 6) is 0. The van der Waals surface area contributed by atoms with Crippen LogP contribution in [0, 0.1) is 0 Å². The molecular formula is C5H11NO2. The molecule has 0 aliphatic carbocycles. The van der Waals surface area contributed by atoms with Gasteiger partial charge in [0, 0.05) is 6.61 Å². The van der Waals surface area contributed by atoms with Gasteiger partial charge in [0.1, 0.15) is 0 Å². The van der Waals surface area contributed by atoms with Crippen LogP contribution in [-0.4, -0.2) is 24.0 Å². The van der Waals surface area contributed by atoms with E-state index < -0.39 is 0 Å². The van der Waals surface area contributed by atoms with Crippen molar-refractivity contribution in [2.45, 2.75) is 25.5 Å². The van der Waals surface area contributed by atoms with Gasteiger partial charge in [0.15, 0.2) is 0 Å². The van der Waals surface area contributed by atoms with Crippen LogP contribution in [0.1, 0.15) is 13.3 Å². The first-order valence-corrected chi connectivity index (χ1v) is 2.86. The lowest BCUT2D eigenvalue weighted by atomic mass is 10.2. The summed E-state index contributed by atoms with van der Waals surface area (Å²) in [5.41, 5.74) is 2.19. The molecule has 2 N–H and O–H groups in total. The predicted molar refractivity (Wildman–Crippen MR) is 28.7 cm³/mol. The molecule has 0 spiro atoms. The monoisotopic (exact) mass is 117 g/mol. The molecule has 1 aliphatic rings. The zero-order valence-corrected chi connectivity index (χ0v) is 4.92. The molecule has 3 heteroatoms. The highest BCUT2D eigenvalue weighted by Gasteiger charge is 2.22. The first kappa shape index (κ1) is 6.01. The highest BCUT2D eigenvalue weighted by Crippen LogP contribution is 2.10. The predicted octanol–water partition coefficient (Wildman–Crippen LogP) is 0.143. The molecule has 3 nitrogen and oxygen atoms in total. The zero-order chi connectivity index (χ0) is 5.98. The smallest absolute Gasteiger partial charge is 0.0723 e. The van der Waals surface area contributed by atoms with Crippen molar-refractivity contribution >= 4 is 0 Å². The van der Waals surface area contributed by atoms with Crippen molar-refractivity contribution < 1.29 is 9.94 Å². The second-order valence-corrected chi connectivity index (χ2v) is 2.10. The number of rotatable bonds is 1. The molecule has 0 saturated carbocycles. The van der Waals surface area contributed by atoms with Crippen LogP contribution < -0.4 is 5.48 Å². The number of hydroxylamine groups is 1. The van der Waals surface area contributed by atoms with E-state index in [4.69, 9.17) is 9.94 Å². The molecule has 2 unspecified atom stereocenters. The van der Waals surface area contributed by atoms with Crippen LogP contribution in [0.5, 0.6) is 0 Å². The summed E-state index contributed by atoms with van der Waals surface area (Å²) in [6.45, 7) is 2.71. The summed E-state index contributed by atoms with van der Waals surface area (Å²) in [6, 6.07) is 0.148. The SMILES string of the molecule is CC1OCCC1NO. The van der Waals surface area contributed by atoms with E-state index >= 15 is 0 Å². The summed E-state index contributed by atoms with van der Waals surface area (Å²) in [4.78, 5) is 0. The molecule has 1 heterocycles. The molecule has 1 fully saturated rings. The van der Waals surface area contributed by atoms with Crippen molar-refractivity contribution in [3.8, 4) is 0 Å². The number of nitrogens with one attached hydrogen (secondary N) is 1. The standard InChI is InChI=1S/C5H11NO2/c1-4-5(6-7)2-3-8-4/h4-7H,2-3H2,1H3. The molecule has 2 atom stereocenters. The Bertz CT molecular complexity index is 76.8. The fourth-order valence-corrected chi connectivity index (χ4v) is 0.901. The van der Waals surface area contributed by atoms with Gasteiger partial charge in [-0.3, -0.25) is 0 Å². The Balaban J connectivity index is 2.30. The summed E-state index contributed by atoms with van der Waals surface area (Å²) in [5, 5.41) is 8.41. The second kappa shape index (κ2) is 2.44. The summed E-state index contributed by atoms with van der Waals surface area (Å²) in [6.07, 6.45) is 1.08. The largest absolute Gasteiger partial charge is 0.377 e.